The highest BCUT2D eigenvalue weighted by Gasteiger charge is 2.29. The topological polar surface area (TPSA) is 46.5 Å². The molecule has 25 heavy (non-hydrogen) atoms. The molecule has 2 atom stereocenters. The van der Waals surface area contributed by atoms with E-state index in [4.69, 9.17) is 9.47 Å². The minimum Gasteiger partial charge on any atom is -0.497 e. The van der Waals surface area contributed by atoms with Gasteiger partial charge in [-0.3, -0.25) is 4.79 Å². The number of hydrogen-bond donors (Lipinski definition) is 1. The third-order valence-corrected chi connectivity index (χ3v) is 5.08. The molecule has 3 rings (SSSR count). The zero-order valence-corrected chi connectivity index (χ0v) is 15.5. The van der Waals surface area contributed by atoms with Crippen molar-refractivity contribution in [1.29, 1.82) is 0 Å². The van der Waals surface area contributed by atoms with Crippen LogP contribution in [0.5, 0.6) is 5.75 Å². The van der Waals surface area contributed by atoms with Crippen molar-refractivity contribution in [3.8, 4) is 5.75 Å². The first-order valence-electron chi connectivity index (χ1n) is 9.21. The summed E-state index contributed by atoms with van der Waals surface area (Å²) in [5.41, 5.74) is 1.22. The van der Waals surface area contributed by atoms with E-state index in [1.165, 1.54) is 10.6 Å². The highest BCUT2D eigenvalue weighted by atomic mass is 16.5. The van der Waals surface area contributed by atoms with Crippen LogP contribution in [0.1, 0.15) is 13.8 Å². The van der Waals surface area contributed by atoms with Crippen LogP contribution in [-0.2, 0) is 9.53 Å². The second kappa shape index (κ2) is 8.06. The maximum atomic E-state index is 12.6. The van der Waals surface area contributed by atoms with E-state index < -0.39 is 0 Å². The Morgan fingerprint density at radius 3 is 2.32 bits per heavy atom. The number of methoxy groups -OCH3 is 1. The summed E-state index contributed by atoms with van der Waals surface area (Å²) in [6.45, 7) is 10.0. The summed E-state index contributed by atoms with van der Waals surface area (Å²) < 4.78 is 10.9. The van der Waals surface area contributed by atoms with E-state index in [1.807, 2.05) is 30.9 Å². The van der Waals surface area contributed by atoms with Gasteiger partial charge in [0.25, 0.3) is 5.91 Å². The lowest BCUT2D eigenvalue weighted by molar-refractivity contribution is -0.892. The minimum atomic E-state index is 0.134. The number of morpholine rings is 1. The van der Waals surface area contributed by atoms with Crippen molar-refractivity contribution in [2.45, 2.75) is 26.1 Å². The van der Waals surface area contributed by atoms with E-state index in [2.05, 4.69) is 17.0 Å². The molecule has 0 unspecified atom stereocenters. The number of nitrogens with one attached hydrogen (secondary N) is 1. The molecular formula is C19H30N3O3+. The molecule has 0 saturated carbocycles. The molecule has 6 nitrogen and oxygen atoms in total. The second-order valence-corrected chi connectivity index (χ2v) is 7.17. The van der Waals surface area contributed by atoms with Gasteiger partial charge in [0.05, 0.1) is 45.5 Å². The quantitative estimate of drug-likeness (QED) is 0.834. The van der Waals surface area contributed by atoms with Gasteiger partial charge in [-0.15, -0.1) is 0 Å². The number of benzene rings is 1. The van der Waals surface area contributed by atoms with Crippen LogP contribution in [0.25, 0.3) is 0 Å². The van der Waals surface area contributed by atoms with Crippen LogP contribution in [0.3, 0.4) is 0 Å². The molecule has 2 fully saturated rings. The molecule has 2 aliphatic rings. The number of anilines is 1. The first-order valence-corrected chi connectivity index (χ1v) is 9.21. The average Bonchev–Trinajstić information content (AvgIpc) is 2.61. The van der Waals surface area contributed by atoms with E-state index in [1.54, 1.807) is 7.11 Å². The summed E-state index contributed by atoms with van der Waals surface area (Å²) in [6, 6.07) is 8.20. The molecular weight excluding hydrogens is 318 g/mol. The number of quaternary nitrogens is 1. The van der Waals surface area contributed by atoms with Gasteiger partial charge in [0.15, 0.2) is 6.54 Å². The van der Waals surface area contributed by atoms with Gasteiger partial charge in [-0.25, -0.2) is 0 Å². The molecule has 1 amide bonds. The number of nitrogens with zero attached hydrogens (tertiary/aromatic N) is 2. The smallest absolute Gasteiger partial charge is 0.277 e. The maximum absolute atomic E-state index is 12.6. The molecule has 1 aromatic rings. The van der Waals surface area contributed by atoms with Gasteiger partial charge in [-0.1, -0.05) is 0 Å². The Balaban J connectivity index is 1.48. The molecule has 2 heterocycles. The minimum absolute atomic E-state index is 0.134. The third kappa shape index (κ3) is 4.64. The van der Waals surface area contributed by atoms with Gasteiger partial charge in [0.2, 0.25) is 0 Å². The van der Waals surface area contributed by atoms with Crippen molar-refractivity contribution in [3.05, 3.63) is 24.3 Å². The molecule has 0 spiro atoms. The molecule has 0 aromatic heterocycles. The second-order valence-electron chi connectivity index (χ2n) is 7.17. The summed E-state index contributed by atoms with van der Waals surface area (Å²) in [5.74, 6) is 1.14. The zero-order valence-electron chi connectivity index (χ0n) is 15.5. The summed E-state index contributed by atoms with van der Waals surface area (Å²) in [6.07, 6.45) is 0.268. The van der Waals surface area contributed by atoms with Gasteiger partial charge in [0.1, 0.15) is 5.75 Å². The van der Waals surface area contributed by atoms with E-state index in [0.29, 0.717) is 19.6 Å². The predicted molar refractivity (Wildman–Crippen MR) is 97.4 cm³/mol. The van der Waals surface area contributed by atoms with Crippen LogP contribution in [-0.4, -0.2) is 75.9 Å². The van der Waals surface area contributed by atoms with Crippen molar-refractivity contribution in [3.63, 3.8) is 0 Å². The van der Waals surface area contributed by atoms with Crippen molar-refractivity contribution in [2.24, 2.45) is 0 Å². The maximum Gasteiger partial charge on any atom is 0.277 e. The lowest BCUT2D eigenvalue weighted by Crippen LogP contribution is -3.16. The van der Waals surface area contributed by atoms with E-state index >= 15 is 0 Å². The van der Waals surface area contributed by atoms with Gasteiger partial charge in [-0.05, 0) is 38.1 Å². The highest BCUT2D eigenvalue weighted by Crippen LogP contribution is 2.19. The van der Waals surface area contributed by atoms with Crippen molar-refractivity contribution < 1.29 is 19.2 Å². The van der Waals surface area contributed by atoms with Crippen molar-refractivity contribution in [2.75, 3.05) is 57.8 Å². The van der Waals surface area contributed by atoms with Crippen molar-refractivity contribution >= 4 is 11.6 Å². The van der Waals surface area contributed by atoms with Crippen LogP contribution < -0.4 is 14.5 Å². The zero-order chi connectivity index (χ0) is 17.8. The van der Waals surface area contributed by atoms with Crippen LogP contribution in [0.4, 0.5) is 5.69 Å². The number of carbonyl (C=O) groups excluding carboxylic acids is 1. The largest absolute Gasteiger partial charge is 0.497 e. The molecule has 2 aliphatic heterocycles. The van der Waals surface area contributed by atoms with E-state index in [0.717, 1.165) is 31.9 Å². The summed E-state index contributed by atoms with van der Waals surface area (Å²) in [4.78, 5) is 18.3. The molecule has 0 bridgehead atoms. The SMILES string of the molecule is COc1ccc(N2CC[NH+](CC(=O)N3C[C@@H](C)O[C@H](C)C3)CC2)cc1. The van der Waals surface area contributed by atoms with Crippen LogP contribution in [0.15, 0.2) is 24.3 Å². The Morgan fingerprint density at radius 2 is 1.76 bits per heavy atom. The fourth-order valence-electron chi connectivity index (χ4n) is 3.76. The Morgan fingerprint density at radius 1 is 1.16 bits per heavy atom. The van der Waals surface area contributed by atoms with Crippen LogP contribution in [0.2, 0.25) is 0 Å². The van der Waals surface area contributed by atoms with E-state index in [-0.39, 0.29) is 18.1 Å². The van der Waals surface area contributed by atoms with Gasteiger partial charge >= 0.3 is 0 Å². The normalized spacial score (nSPS) is 25.1. The molecule has 1 aromatic carbocycles. The number of piperazine rings is 1. The monoisotopic (exact) mass is 348 g/mol. The predicted octanol–water partition coefficient (Wildman–Crippen LogP) is 0.0359. The summed E-state index contributed by atoms with van der Waals surface area (Å²) in [5, 5.41) is 0. The standard InChI is InChI=1S/C19H29N3O3/c1-15-12-22(13-16(2)25-15)19(23)14-20-8-10-21(11-9-20)17-4-6-18(24-3)7-5-17/h4-7,15-16H,8-14H2,1-3H3/p+1/t15-,16-/m1/s1. The Bertz CT molecular complexity index is 560. The number of carbonyl (C=O) groups is 1. The number of rotatable bonds is 4. The molecule has 0 radical (unpaired) electrons. The molecule has 138 valence electrons. The summed E-state index contributed by atoms with van der Waals surface area (Å²) in [7, 11) is 1.68. The summed E-state index contributed by atoms with van der Waals surface area (Å²) >= 11 is 0. The fraction of sp³-hybridized carbons (Fsp3) is 0.632. The third-order valence-electron chi connectivity index (χ3n) is 5.08. The fourth-order valence-corrected chi connectivity index (χ4v) is 3.76. The number of ether oxygens (including phenoxy) is 2. The number of hydrogen-bond acceptors (Lipinski definition) is 4. The molecule has 1 N–H and O–H groups in total. The highest BCUT2D eigenvalue weighted by molar-refractivity contribution is 5.77. The Labute approximate surface area is 150 Å². The first kappa shape index (κ1) is 18.0. The molecule has 0 aliphatic carbocycles. The molecule has 2 saturated heterocycles. The lowest BCUT2D eigenvalue weighted by Gasteiger charge is -2.37. The Hall–Kier alpha value is -1.79. The van der Waals surface area contributed by atoms with Crippen LogP contribution >= 0.6 is 0 Å². The van der Waals surface area contributed by atoms with E-state index in [9.17, 15) is 4.79 Å². The van der Waals surface area contributed by atoms with Gasteiger partial charge < -0.3 is 24.2 Å². The van der Waals surface area contributed by atoms with Gasteiger partial charge in [-0.2, -0.15) is 0 Å². The van der Waals surface area contributed by atoms with Gasteiger partial charge in [0, 0.05) is 18.8 Å². The Kier molecular flexibility index (Phi) is 5.81. The first-order chi connectivity index (χ1) is 12.0. The number of amides is 1. The van der Waals surface area contributed by atoms with Crippen LogP contribution in [0, 0.1) is 0 Å². The molecule has 6 heteroatoms. The lowest BCUT2D eigenvalue weighted by atomic mass is 10.2. The average molecular weight is 348 g/mol. The van der Waals surface area contributed by atoms with Crippen molar-refractivity contribution in [1.82, 2.24) is 4.90 Å².